The molecule has 1 amide bonds. The highest BCUT2D eigenvalue weighted by molar-refractivity contribution is 7.92. The average Bonchev–Trinajstić information content (AvgIpc) is 3.29. The van der Waals surface area contributed by atoms with Crippen molar-refractivity contribution in [2.75, 3.05) is 15.9 Å². The number of hydrogen-bond acceptors (Lipinski definition) is 5. The fourth-order valence-corrected chi connectivity index (χ4v) is 5.60. The van der Waals surface area contributed by atoms with Gasteiger partial charge in [0.1, 0.15) is 0 Å². The number of thiazole rings is 1. The van der Waals surface area contributed by atoms with Gasteiger partial charge in [0.25, 0.3) is 0 Å². The molecule has 1 aliphatic rings. The second kappa shape index (κ2) is 8.04. The Balaban J connectivity index is 1.49. The van der Waals surface area contributed by atoms with Crippen molar-refractivity contribution in [3.8, 4) is 11.3 Å². The first-order valence-electron chi connectivity index (χ1n) is 9.43. The van der Waals surface area contributed by atoms with Gasteiger partial charge in [-0.2, -0.15) is 0 Å². The Labute approximate surface area is 179 Å². The van der Waals surface area contributed by atoms with Crippen LogP contribution in [0.2, 0.25) is 0 Å². The van der Waals surface area contributed by atoms with Crippen LogP contribution >= 0.6 is 11.3 Å². The number of benzene rings is 2. The van der Waals surface area contributed by atoms with E-state index >= 15 is 0 Å². The Morgan fingerprint density at radius 3 is 2.73 bits per heavy atom. The van der Waals surface area contributed by atoms with E-state index in [0.717, 1.165) is 28.1 Å². The molecule has 30 heavy (non-hydrogen) atoms. The molecule has 0 bridgehead atoms. The Morgan fingerprint density at radius 2 is 2.00 bits per heavy atom. The molecule has 2 heterocycles. The number of anilines is 2. The van der Waals surface area contributed by atoms with Gasteiger partial charge in [-0.05, 0) is 42.7 Å². The third-order valence-corrected chi connectivity index (χ3v) is 6.88. The van der Waals surface area contributed by atoms with Crippen LogP contribution in [0.1, 0.15) is 18.1 Å². The van der Waals surface area contributed by atoms with Crippen molar-refractivity contribution in [2.45, 2.75) is 19.4 Å². The lowest BCUT2D eigenvalue weighted by Gasteiger charge is -2.21. The summed E-state index contributed by atoms with van der Waals surface area (Å²) in [5.74, 6) is -0.244. The molecule has 0 saturated carbocycles. The van der Waals surface area contributed by atoms with Crippen molar-refractivity contribution in [1.82, 2.24) is 4.98 Å². The van der Waals surface area contributed by atoms with Gasteiger partial charge in [-0.15, -0.1) is 11.3 Å². The Morgan fingerprint density at radius 1 is 1.23 bits per heavy atom. The number of amides is 1. The highest BCUT2D eigenvalue weighted by Gasteiger charge is 2.32. The number of aromatic nitrogens is 1. The van der Waals surface area contributed by atoms with Crippen molar-refractivity contribution in [1.29, 1.82) is 0 Å². The maximum absolute atomic E-state index is 12.2. The van der Waals surface area contributed by atoms with Crippen LogP contribution in [0.5, 0.6) is 0 Å². The van der Waals surface area contributed by atoms with Crippen LogP contribution in [0.15, 0.2) is 60.0 Å². The molecule has 0 spiro atoms. The zero-order valence-electron chi connectivity index (χ0n) is 16.6. The first-order chi connectivity index (χ1) is 14.3. The molecule has 1 N–H and O–H groups in total. The first kappa shape index (κ1) is 20.3. The molecule has 3 aromatic rings. The Hall–Kier alpha value is -2.97. The van der Waals surface area contributed by atoms with E-state index < -0.39 is 10.0 Å². The number of hydrogen-bond donors (Lipinski definition) is 1. The number of nitrogens with one attached hydrogen (secondary N) is 1. The van der Waals surface area contributed by atoms with Gasteiger partial charge in [0, 0.05) is 23.1 Å². The number of carbonyl (C=O) groups excluding carboxylic acids is 1. The molecule has 1 aromatic heterocycles. The molecule has 0 radical (unpaired) electrons. The van der Waals surface area contributed by atoms with Crippen molar-refractivity contribution in [3.63, 3.8) is 0 Å². The van der Waals surface area contributed by atoms with E-state index in [1.54, 1.807) is 6.08 Å². The topological polar surface area (TPSA) is 79.4 Å². The highest BCUT2D eigenvalue weighted by atomic mass is 32.2. The summed E-state index contributed by atoms with van der Waals surface area (Å²) < 4.78 is 25.6. The van der Waals surface area contributed by atoms with Crippen LogP contribution in [-0.4, -0.2) is 31.6 Å². The number of carbonyl (C=O) groups is 1. The van der Waals surface area contributed by atoms with Crippen LogP contribution in [-0.2, 0) is 21.2 Å². The molecule has 154 valence electrons. The molecule has 2 aromatic carbocycles. The maximum atomic E-state index is 12.2. The highest BCUT2D eigenvalue weighted by Crippen LogP contribution is 2.37. The van der Waals surface area contributed by atoms with Gasteiger partial charge in [0.05, 0.1) is 17.6 Å². The van der Waals surface area contributed by atoms with Crippen LogP contribution < -0.4 is 9.62 Å². The smallest absolute Gasteiger partial charge is 0.250 e. The lowest BCUT2D eigenvalue weighted by Crippen LogP contribution is -2.34. The van der Waals surface area contributed by atoms with Gasteiger partial charge in [0.15, 0.2) is 5.13 Å². The zero-order chi connectivity index (χ0) is 21.3. The van der Waals surface area contributed by atoms with Crippen LogP contribution in [0.4, 0.5) is 10.8 Å². The largest absolute Gasteiger partial charge is 0.298 e. The summed E-state index contributed by atoms with van der Waals surface area (Å²) in [6.45, 7) is 1.90. The van der Waals surface area contributed by atoms with Crippen molar-refractivity contribution >= 4 is 44.2 Å². The van der Waals surface area contributed by atoms with Gasteiger partial charge < -0.3 is 0 Å². The molecule has 1 aliphatic heterocycles. The van der Waals surface area contributed by atoms with Crippen LogP contribution in [0.25, 0.3) is 17.3 Å². The second-order valence-corrected chi connectivity index (χ2v) is 9.94. The summed E-state index contributed by atoms with van der Waals surface area (Å²) >= 11 is 1.35. The Kier molecular flexibility index (Phi) is 5.44. The fraction of sp³-hybridized carbons (Fsp3) is 0.182. The molecule has 0 fully saturated rings. The molecule has 8 heteroatoms. The van der Waals surface area contributed by atoms with E-state index in [0.29, 0.717) is 11.6 Å². The van der Waals surface area contributed by atoms with Gasteiger partial charge in [-0.25, -0.2) is 13.4 Å². The quantitative estimate of drug-likeness (QED) is 0.605. The van der Waals surface area contributed by atoms with E-state index in [-0.39, 0.29) is 11.9 Å². The lowest BCUT2D eigenvalue weighted by molar-refractivity contribution is -0.111. The molecule has 4 rings (SSSR count). The summed E-state index contributed by atoms with van der Waals surface area (Å²) in [6.07, 6.45) is 5.12. The predicted octanol–water partition coefficient (Wildman–Crippen LogP) is 4.17. The normalized spacial score (nSPS) is 16.1. The van der Waals surface area contributed by atoms with Gasteiger partial charge in [-0.1, -0.05) is 36.4 Å². The van der Waals surface area contributed by atoms with Crippen molar-refractivity contribution in [3.05, 3.63) is 71.1 Å². The average molecular weight is 440 g/mol. The molecular weight excluding hydrogens is 418 g/mol. The van der Waals surface area contributed by atoms with E-state index in [1.807, 2.05) is 60.8 Å². The molecule has 0 saturated heterocycles. The summed E-state index contributed by atoms with van der Waals surface area (Å²) in [6, 6.07) is 15.2. The minimum absolute atomic E-state index is 0.105. The standard InChI is InChI=1S/C22H21N3O3S2/c1-15-12-18-13-17(9-10-20(18)25(15)30(2,27)28)19-14-29-22(23-19)24-21(26)11-8-16-6-4-3-5-7-16/h3-11,13-15H,12H2,1-2H3,(H,23,24,26). The summed E-state index contributed by atoms with van der Waals surface area (Å²) in [7, 11) is -3.31. The van der Waals surface area contributed by atoms with Crippen LogP contribution in [0, 0.1) is 0 Å². The maximum Gasteiger partial charge on any atom is 0.250 e. The third-order valence-electron chi connectivity index (χ3n) is 4.85. The van der Waals surface area contributed by atoms with Gasteiger partial charge >= 0.3 is 0 Å². The molecule has 0 aliphatic carbocycles. The fourth-order valence-electron chi connectivity index (χ4n) is 3.61. The van der Waals surface area contributed by atoms with E-state index in [9.17, 15) is 13.2 Å². The zero-order valence-corrected chi connectivity index (χ0v) is 18.2. The number of rotatable bonds is 5. The third kappa shape index (κ3) is 4.29. The summed E-state index contributed by atoms with van der Waals surface area (Å²) in [5.41, 5.74) is 4.30. The van der Waals surface area contributed by atoms with E-state index in [1.165, 1.54) is 28.0 Å². The lowest BCUT2D eigenvalue weighted by atomic mass is 10.1. The monoisotopic (exact) mass is 439 g/mol. The van der Waals surface area contributed by atoms with Gasteiger partial charge in [-0.3, -0.25) is 14.4 Å². The van der Waals surface area contributed by atoms with Crippen LogP contribution in [0.3, 0.4) is 0 Å². The predicted molar refractivity (Wildman–Crippen MR) is 122 cm³/mol. The number of fused-ring (bicyclic) bond motifs is 1. The van der Waals surface area contributed by atoms with Gasteiger partial charge in [0.2, 0.25) is 15.9 Å². The molecule has 6 nitrogen and oxygen atoms in total. The number of sulfonamides is 1. The first-order valence-corrected chi connectivity index (χ1v) is 12.2. The Bertz CT molecular complexity index is 1220. The SMILES string of the molecule is CC1Cc2cc(-c3csc(NC(=O)C=Cc4ccccc4)n3)ccc2N1S(C)(=O)=O. The minimum atomic E-state index is -3.31. The van der Waals surface area contributed by atoms with Crippen molar-refractivity contribution in [2.24, 2.45) is 0 Å². The summed E-state index contributed by atoms with van der Waals surface area (Å²) in [4.78, 5) is 16.7. The minimum Gasteiger partial charge on any atom is -0.298 e. The summed E-state index contributed by atoms with van der Waals surface area (Å²) in [5, 5.41) is 5.18. The molecule has 1 atom stereocenters. The van der Waals surface area contributed by atoms with Crippen molar-refractivity contribution < 1.29 is 13.2 Å². The second-order valence-electron chi connectivity index (χ2n) is 7.23. The van der Waals surface area contributed by atoms with E-state index in [2.05, 4.69) is 10.3 Å². The van der Waals surface area contributed by atoms with E-state index in [4.69, 9.17) is 0 Å². The molecular formula is C22H21N3O3S2. The molecule has 1 unspecified atom stereocenters. The number of nitrogens with zero attached hydrogens (tertiary/aromatic N) is 2.